The first kappa shape index (κ1) is 15.6. The number of hydrogen-bond donors (Lipinski definition) is 2. The lowest BCUT2D eigenvalue weighted by atomic mass is 10.1. The van der Waals surface area contributed by atoms with Crippen molar-refractivity contribution in [3.05, 3.63) is 65.5 Å². The lowest BCUT2D eigenvalue weighted by Crippen LogP contribution is -2.10. The normalized spacial score (nSPS) is 10.6. The maximum absolute atomic E-state index is 13.8. The minimum absolute atomic E-state index is 0.0847. The Kier molecular flexibility index (Phi) is 3.95. The van der Waals surface area contributed by atoms with Crippen LogP contribution in [0.2, 0.25) is 0 Å². The lowest BCUT2D eigenvalue weighted by Gasteiger charge is -2.12. The maximum Gasteiger partial charge on any atom is 0.340 e. The third kappa shape index (κ3) is 2.81. The molecule has 0 saturated heterocycles. The van der Waals surface area contributed by atoms with E-state index in [1.807, 2.05) is 0 Å². The van der Waals surface area contributed by atoms with Gasteiger partial charge in [-0.2, -0.15) is 9.78 Å². The number of carboxylic acids is 1. The smallest absolute Gasteiger partial charge is 0.340 e. The minimum atomic E-state index is -1.57. The summed E-state index contributed by atoms with van der Waals surface area (Å²) in [5.41, 5.74) is -0.220. The Balaban J connectivity index is 2.08. The van der Waals surface area contributed by atoms with Crippen molar-refractivity contribution in [2.75, 3.05) is 5.32 Å². The van der Waals surface area contributed by atoms with Crippen LogP contribution >= 0.6 is 0 Å². The molecule has 0 radical (unpaired) electrons. The van der Waals surface area contributed by atoms with E-state index in [2.05, 4.69) is 15.4 Å². The van der Waals surface area contributed by atoms with Crippen molar-refractivity contribution in [1.29, 1.82) is 0 Å². The van der Waals surface area contributed by atoms with E-state index in [-0.39, 0.29) is 5.69 Å². The van der Waals surface area contributed by atoms with Crippen molar-refractivity contribution >= 4 is 17.5 Å². The molecule has 0 unspecified atom stereocenters. The number of halogens is 2. The number of nitrogens with one attached hydrogen (secondary N) is 1. The zero-order valence-corrected chi connectivity index (χ0v) is 12.5. The van der Waals surface area contributed by atoms with Crippen molar-refractivity contribution in [2.45, 2.75) is 6.92 Å². The van der Waals surface area contributed by atoms with Crippen LogP contribution in [-0.4, -0.2) is 25.8 Å². The summed E-state index contributed by atoms with van der Waals surface area (Å²) in [6, 6.07) is 8.88. The summed E-state index contributed by atoms with van der Waals surface area (Å²) in [7, 11) is 0. The third-order valence-electron chi connectivity index (χ3n) is 3.27. The Morgan fingerprint density at radius 1 is 1.25 bits per heavy atom. The highest BCUT2D eigenvalue weighted by Gasteiger charge is 2.21. The van der Waals surface area contributed by atoms with Gasteiger partial charge in [-0.05, 0) is 31.2 Å². The predicted octanol–water partition coefficient (Wildman–Crippen LogP) is 3.30. The number of aromatic carboxylic acids is 1. The SMILES string of the molecule is Cc1cc(Nc2ccc(F)c(F)c2C(=O)O)n(-c2ccccn2)n1. The number of aromatic nitrogens is 3. The second kappa shape index (κ2) is 6.07. The van der Waals surface area contributed by atoms with Gasteiger partial charge in [-0.15, -0.1) is 0 Å². The van der Waals surface area contributed by atoms with Gasteiger partial charge >= 0.3 is 5.97 Å². The third-order valence-corrected chi connectivity index (χ3v) is 3.27. The number of pyridine rings is 1. The average molecular weight is 330 g/mol. The van der Waals surface area contributed by atoms with Crippen LogP contribution in [0.5, 0.6) is 0 Å². The molecular weight excluding hydrogens is 318 g/mol. The Hall–Kier alpha value is -3.29. The van der Waals surface area contributed by atoms with Gasteiger partial charge in [0.2, 0.25) is 0 Å². The van der Waals surface area contributed by atoms with E-state index < -0.39 is 23.2 Å². The molecule has 2 heterocycles. The largest absolute Gasteiger partial charge is 0.478 e. The Bertz CT molecular complexity index is 910. The zero-order valence-electron chi connectivity index (χ0n) is 12.5. The highest BCUT2D eigenvalue weighted by atomic mass is 19.2. The number of carbonyl (C=O) groups is 1. The van der Waals surface area contributed by atoms with E-state index in [1.165, 1.54) is 4.68 Å². The molecular formula is C16H12F2N4O2. The molecule has 0 aliphatic rings. The number of nitrogens with zero attached hydrogens (tertiary/aromatic N) is 3. The Labute approximate surface area is 135 Å². The molecule has 2 N–H and O–H groups in total. The standard InChI is InChI=1S/C16H12F2N4O2/c1-9-8-13(22(21-9)12-4-2-3-7-19-12)20-11-6-5-10(17)15(18)14(11)16(23)24/h2-8,20H,1H3,(H,23,24). The molecule has 0 atom stereocenters. The van der Waals surface area contributed by atoms with Crippen LogP contribution < -0.4 is 5.32 Å². The molecule has 0 aliphatic heterocycles. The maximum atomic E-state index is 13.8. The van der Waals surface area contributed by atoms with Crippen molar-refractivity contribution in [1.82, 2.24) is 14.8 Å². The molecule has 0 amide bonds. The molecule has 0 aliphatic carbocycles. The van der Waals surface area contributed by atoms with Crippen LogP contribution in [0.4, 0.5) is 20.3 Å². The summed E-state index contributed by atoms with van der Waals surface area (Å²) in [5, 5.41) is 16.2. The van der Waals surface area contributed by atoms with Gasteiger partial charge in [0.15, 0.2) is 17.5 Å². The van der Waals surface area contributed by atoms with Crippen LogP contribution in [0.3, 0.4) is 0 Å². The Morgan fingerprint density at radius 2 is 2.04 bits per heavy atom. The van der Waals surface area contributed by atoms with Gasteiger partial charge in [0, 0.05) is 12.3 Å². The van der Waals surface area contributed by atoms with Crippen LogP contribution in [0.1, 0.15) is 16.1 Å². The van der Waals surface area contributed by atoms with Gasteiger partial charge in [-0.1, -0.05) is 6.07 Å². The average Bonchev–Trinajstić information content (AvgIpc) is 2.92. The number of hydrogen-bond acceptors (Lipinski definition) is 4. The van der Waals surface area contributed by atoms with Crippen molar-refractivity contribution in [3.8, 4) is 5.82 Å². The highest BCUT2D eigenvalue weighted by molar-refractivity contribution is 5.95. The van der Waals surface area contributed by atoms with Gasteiger partial charge in [0.05, 0.1) is 11.4 Å². The van der Waals surface area contributed by atoms with E-state index in [0.717, 1.165) is 12.1 Å². The van der Waals surface area contributed by atoms with Gasteiger partial charge < -0.3 is 10.4 Å². The summed E-state index contributed by atoms with van der Waals surface area (Å²) in [6.07, 6.45) is 1.58. The second-order valence-corrected chi connectivity index (χ2v) is 4.98. The number of anilines is 2. The Morgan fingerprint density at radius 3 is 2.71 bits per heavy atom. The van der Waals surface area contributed by atoms with Crippen molar-refractivity contribution in [3.63, 3.8) is 0 Å². The van der Waals surface area contributed by atoms with Crippen LogP contribution in [0.25, 0.3) is 5.82 Å². The fraction of sp³-hybridized carbons (Fsp3) is 0.0625. The zero-order chi connectivity index (χ0) is 17.3. The fourth-order valence-electron chi connectivity index (χ4n) is 2.24. The molecule has 122 valence electrons. The van der Waals surface area contributed by atoms with Crippen LogP contribution in [0, 0.1) is 18.6 Å². The molecule has 2 aromatic heterocycles. The number of aryl methyl sites for hydroxylation is 1. The van der Waals surface area contributed by atoms with Gasteiger partial charge in [0.25, 0.3) is 0 Å². The molecule has 1 aromatic carbocycles. The summed E-state index contributed by atoms with van der Waals surface area (Å²) in [6.45, 7) is 1.74. The molecule has 0 saturated carbocycles. The van der Waals surface area contributed by atoms with Crippen LogP contribution in [-0.2, 0) is 0 Å². The molecule has 0 spiro atoms. The number of rotatable bonds is 4. The predicted molar refractivity (Wildman–Crippen MR) is 82.7 cm³/mol. The molecule has 24 heavy (non-hydrogen) atoms. The second-order valence-electron chi connectivity index (χ2n) is 4.98. The van der Waals surface area contributed by atoms with E-state index in [1.54, 1.807) is 37.4 Å². The first-order chi connectivity index (χ1) is 11.5. The highest BCUT2D eigenvalue weighted by Crippen LogP contribution is 2.26. The molecule has 0 bridgehead atoms. The number of carboxylic acid groups (broad SMARTS) is 1. The molecule has 0 fully saturated rings. The summed E-state index contributed by atoms with van der Waals surface area (Å²) in [4.78, 5) is 15.4. The quantitative estimate of drug-likeness (QED) is 0.767. The summed E-state index contributed by atoms with van der Waals surface area (Å²) in [5.74, 6) is -3.36. The van der Waals surface area contributed by atoms with Crippen molar-refractivity contribution in [2.24, 2.45) is 0 Å². The van der Waals surface area contributed by atoms with Gasteiger partial charge in [-0.25, -0.2) is 18.6 Å². The first-order valence-electron chi connectivity index (χ1n) is 6.94. The van der Waals surface area contributed by atoms with E-state index in [0.29, 0.717) is 17.3 Å². The lowest BCUT2D eigenvalue weighted by molar-refractivity contribution is 0.0692. The summed E-state index contributed by atoms with van der Waals surface area (Å²) < 4.78 is 28.6. The van der Waals surface area contributed by atoms with Gasteiger partial charge in [-0.3, -0.25) is 0 Å². The molecule has 6 nitrogen and oxygen atoms in total. The van der Waals surface area contributed by atoms with Gasteiger partial charge in [0.1, 0.15) is 11.4 Å². The topological polar surface area (TPSA) is 80.0 Å². The molecule has 8 heteroatoms. The van der Waals surface area contributed by atoms with E-state index in [9.17, 15) is 13.6 Å². The first-order valence-corrected chi connectivity index (χ1v) is 6.94. The minimum Gasteiger partial charge on any atom is -0.478 e. The number of benzene rings is 1. The van der Waals surface area contributed by atoms with Crippen molar-refractivity contribution < 1.29 is 18.7 Å². The van der Waals surface area contributed by atoms with E-state index >= 15 is 0 Å². The fourth-order valence-corrected chi connectivity index (χ4v) is 2.24. The summed E-state index contributed by atoms with van der Waals surface area (Å²) >= 11 is 0. The monoisotopic (exact) mass is 330 g/mol. The van der Waals surface area contributed by atoms with E-state index in [4.69, 9.17) is 5.11 Å². The molecule has 3 rings (SSSR count). The van der Waals surface area contributed by atoms with Crippen LogP contribution in [0.15, 0.2) is 42.6 Å². The molecule has 3 aromatic rings.